The standard InChI is InChI=1S/C16H15BrClNO/c17-14-7-6-11(18)9-13(14)16(20)12-5-1-3-10-4-2-8-19-15(10)12/h2,4,6-9,12,16,20H,1,3,5H2. The number of hydrogen-bond acceptors (Lipinski definition) is 2. The number of benzene rings is 1. The fourth-order valence-electron chi connectivity index (χ4n) is 2.91. The van der Waals surface area contributed by atoms with Gasteiger partial charge in [-0.3, -0.25) is 4.98 Å². The molecule has 0 saturated heterocycles. The summed E-state index contributed by atoms with van der Waals surface area (Å²) in [5, 5.41) is 11.4. The van der Waals surface area contributed by atoms with Crippen molar-refractivity contribution in [2.75, 3.05) is 0 Å². The van der Waals surface area contributed by atoms with Gasteiger partial charge in [-0.05, 0) is 54.7 Å². The highest BCUT2D eigenvalue weighted by molar-refractivity contribution is 9.10. The van der Waals surface area contributed by atoms with Gasteiger partial charge in [0.05, 0.1) is 6.10 Å². The number of aliphatic hydroxyl groups is 1. The summed E-state index contributed by atoms with van der Waals surface area (Å²) in [7, 11) is 0. The molecule has 1 aliphatic carbocycles. The Morgan fingerprint density at radius 2 is 2.20 bits per heavy atom. The molecule has 1 N–H and O–H groups in total. The molecule has 2 atom stereocenters. The zero-order chi connectivity index (χ0) is 14.1. The normalized spacial score (nSPS) is 19.4. The predicted molar refractivity (Wildman–Crippen MR) is 84.0 cm³/mol. The summed E-state index contributed by atoms with van der Waals surface area (Å²) >= 11 is 9.55. The second-order valence-corrected chi connectivity index (χ2v) is 6.45. The fourth-order valence-corrected chi connectivity index (χ4v) is 3.57. The van der Waals surface area contributed by atoms with Gasteiger partial charge in [0.2, 0.25) is 0 Å². The molecule has 0 saturated carbocycles. The number of aliphatic hydroxyl groups excluding tert-OH is 1. The maximum absolute atomic E-state index is 10.8. The molecule has 104 valence electrons. The Balaban J connectivity index is 1.99. The molecule has 0 fully saturated rings. The van der Waals surface area contributed by atoms with Gasteiger partial charge in [-0.25, -0.2) is 0 Å². The molecule has 2 unspecified atom stereocenters. The number of nitrogens with zero attached hydrogens (tertiary/aromatic N) is 1. The number of rotatable bonds is 2. The first-order valence-corrected chi connectivity index (χ1v) is 7.90. The summed E-state index contributed by atoms with van der Waals surface area (Å²) < 4.78 is 0.887. The van der Waals surface area contributed by atoms with E-state index in [4.69, 9.17) is 11.6 Å². The highest BCUT2D eigenvalue weighted by Gasteiger charge is 2.29. The van der Waals surface area contributed by atoms with Gasteiger partial charge in [0.25, 0.3) is 0 Å². The van der Waals surface area contributed by atoms with Crippen LogP contribution >= 0.6 is 27.5 Å². The third-order valence-electron chi connectivity index (χ3n) is 3.90. The molecule has 0 bridgehead atoms. The van der Waals surface area contributed by atoms with Crippen LogP contribution in [0.1, 0.15) is 41.7 Å². The molecule has 0 aliphatic heterocycles. The van der Waals surface area contributed by atoms with E-state index in [1.165, 1.54) is 5.56 Å². The molecular weight excluding hydrogens is 338 g/mol. The lowest BCUT2D eigenvalue weighted by molar-refractivity contribution is 0.133. The van der Waals surface area contributed by atoms with Gasteiger partial charge in [0.1, 0.15) is 0 Å². The largest absolute Gasteiger partial charge is 0.388 e. The highest BCUT2D eigenvalue weighted by Crippen LogP contribution is 2.41. The Labute approximate surface area is 131 Å². The maximum Gasteiger partial charge on any atom is 0.0885 e. The molecule has 3 rings (SSSR count). The summed E-state index contributed by atoms with van der Waals surface area (Å²) in [4.78, 5) is 4.49. The summed E-state index contributed by atoms with van der Waals surface area (Å²) in [6.45, 7) is 0. The minimum atomic E-state index is -0.586. The van der Waals surface area contributed by atoms with E-state index in [2.05, 4.69) is 27.0 Å². The van der Waals surface area contributed by atoms with Crippen molar-refractivity contribution in [3.63, 3.8) is 0 Å². The van der Waals surface area contributed by atoms with Gasteiger partial charge < -0.3 is 5.11 Å². The van der Waals surface area contributed by atoms with Crippen LogP contribution in [-0.2, 0) is 6.42 Å². The predicted octanol–water partition coefficient (Wildman–Crippen LogP) is 4.65. The first-order chi connectivity index (χ1) is 9.66. The van der Waals surface area contributed by atoms with E-state index in [1.54, 1.807) is 6.20 Å². The van der Waals surface area contributed by atoms with Gasteiger partial charge in [-0.15, -0.1) is 0 Å². The first kappa shape index (κ1) is 14.1. The fraction of sp³-hybridized carbons (Fsp3) is 0.312. The van der Waals surface area contributed by atoms with Crippen LogP contribution in [0.5, 0.6) is 0 Å². The number of pyridine rings is 1. The van der Waals surface area contributed by atoms with Crippen LogP contribution in [0, 0.1) is 0 Å². The third-order valence-corrected chi connectivity index (χ3v) is 4.85. The van der Waals surface area contributed by atoms with E-state index in [0.717, 1.165) is 35.0 Å². The molecular formula is C16H15BrClNO. The number of aryl methyl sites for hydroxylation is 1. The average molecular weight is 353 g/mol. The van der Waals surface area contributed by atoms with Gasteiger partial charge >= 0.3 is 0 Å². The van der Waals surface area contributed by atoms with Crippen molar-refractivity contribution in [3.8, 4) is 0 Å². The van der Waals surface area contributed by atoms with Crippen LogP contribution in [0.25, 0.3) is 0 Å². The van der Waals surface area contributed by atoms with Gasteiger partial charge in [0.15, 0.2) is 0 Å². The third kappa shape index (κ3) is 2.62. The monoisotopic (exact) mass is 351 g/mol. The Morgan fingerprint density at radius 1 is 1.35 bits per heavy atom. The van der Waals surface area contributed by atoms with Crippen molar-refractivity contribution in [1.29, 1.82) is 0 Å². The van der Waals surface area contributed by atoms with Gasteiger partial charge in [0, 0.05) is 27.3 Å². The lowest BCUT2D eigenvalue weighted by atomic mass is 9.81. The van der Waals surface area contributed by atoms with Crippen LogP contribution < -0.4 is 0 Å². The van der Waals surface area contributed by atoms with Crippen molar-refractivity contribution in [2.45, 2.75) is 31.3 Å². The first-order valence-electron chi connectivity index (χ1n) is 6.73. The number of aromatic nitrogens is 1. The Hall–Kier alpha value is -0.900. The summed E-state index contributed by atoms with van der Waals surface area (Å²) in [5.41, 5.74) is 3.11. The molecule has 1 aliphatic rings. The second-order valence-electron chi connectivity index (χ2n) is 5.16. The van der Waals surface area contributed by atoms with E-state index in [0.29, 0.717) is 5.02 Å². The SMILES string of the molecule is OC(c1cc(Cl)ccc1Br)C1CCCc2cccnc21. The summed E-state index contributed by atoms with van der Waals surface area (Å²) in [6.07, 6.45) is 4.29. The molecule has 0 amide bonds. The summed E-state index contributed by atoms with van der Waals surface area (Å²) in [5.74, 6) is 0.0368. The maximum atomic E-state index is 10.8. The van der Waals surface area contributed by atoms with E-state index in [1.807, 2.05) is 24.3 Å². The second kappa shape index (κ2) is 5.84. The minimum absolute atomic E-state index is 0.0368. The van der Waals surface area contributed by atoms with Crippen molar-refractivity contribution in [1.82, 2.24) is 4.98 Å². The van der Waals surface area contributed by atoms with Crippen LogP contribution in [0.4, 0.5) is 0 Å². The average Bonchev–Trinajstić information content (AvgIpc) is 2.48. The lowest BCUT2D eigenvalue weighted by Crippen LogP contribution is -2.19. The van der Waals surface area contributed by atoms with E-state index < -0.39 is 6.10 Å². The smallest absolute Gasteiger partial charge is 0.0885 e. The molecule has 20 heavy (non-hydrogen) atoms. The van der Waals surface area contributed by atoms with Crippen LogP contribution in [0.2, 0.25) is 5.02 Å². The topological polar surface area (TPSA) is 33.1 Å². The molecule has 1 aromatic carbocycles. The van der Waals surface area contributed by atoms with E-state index in [9.17, 15) is 5.11 Å². The molecule has 2 nitrogen and oxygen atoms in total. The lowest BCUT2D eigenvalue weighted by Gasteiger charge is -2.29. The molecule has 2 aromatic rings. The van der Waals surface area contributed by atoms with Crippen molar-refractivity contribution < 1.29 is 5.11 Å². The van der Waals surface area contributed by atoms with Crippen LogP contribution in [-0.4, -0.2) is 10.1 Å². The molecule has 0 radical (unpaired) electrons. The molecule has 1 heterocycles. The Morgan fingerprint density at radius 3 is 3.05 bits per heavy atom. The highest BCUT2D eigenvalue weighted by atomic mass is 79.9. The Bertz CT molecular complexity index is 632. The van der Waals surface area contributed by atoms with Crippen LogP contribution in [0.15, 0.2) is 41.0 Å². The molecule has 4 heteroatoms. The van der Waals surface area contributed by atoms with Crippen molar-refractivity contribution in [3.05, 3.63) is 62.8 Å². The molecule has 1 aromatic heterocycles. The van der Waals surface area contributed by atoms with Crippen LogP contribution in [0.3, 0.4) is 0 Å². The van der Waals surface area contributed by atoms with Crippen molar-refractivity contribution >= 4 is 27.5 Å². The number of fused-ring (bicyclic) bond motifs is 1. The van der Waals surface area contributed by atoms with E-state index >= 15 is 0 Å². The van der Waals surface area contributed by atoms with Gasteiger partial charge in [-0.2, -0.15) is 0 Å². The van der Waals surface area contributed by atoms with Crippen molar-refractivity contribution in [2.24, 2.45) is 0 Å². The Kier molecular flexibility index (Phi) is 4.11. The number of hydrogen-bond donors (Lipinski definition) is 1. The van der Waals surface area contributed by atoms with E-state index in [-0.39, 0.29) is 5.92 Å². The zero-order valence-electron chi connectivity index (χ0n) is 10.9. The molecule has 0 spiro atoms. The quantitative estimate of drug-likeness (QED) is 0.853. The van der Waals surface area contributed by atoms with Gasteiger partial charge in [-0.1, -0.05) is 33.6 Å². The summed E-state index contributed by atoms with van der Waals surface area (Å²) in [6, 6.07) is 9.59. The minimum Gasteiger partial charge on any atom is -0.388 e. The zero-order valence-corrected chi connectivity index (χ0v) is 13.2. The number of halogens is 2.